The van der Waals surface area contributed by atoms with Gasteiger partial charge in [-0.25, -0.2) is 0 Å². The molecule has 0 spiro atoms. The van der Waals surface area contributed by atoms with E-state index in [9.17, 15) is 5.11 Å². The molecule has 1 atom stereocenters. The highest BCUT2D eigenvalue weighted by atomic mass is 32.4. The van der Waals surface area contributed by atoms with Crippen LogP contribution >= 0.6 is 6.70 Å². The molecule has 2 rings (SSSR count). The standard InChI is InChI=1S/C15H17N2OPS/c1-15(2,18)17-16-13-10-6-7-11-14(13)19(20)12-8-4-3-5-9-12/h3-11,18-19H,1-2H3. The summed E-state index contributed by atoms with van der Waals surface area (Å²) in [5.41, 5.74) is -0.434. The van der Waals surface area contributed by atoms with Gasteiger partial charge in [0.15, 0.2) is 5.72 Å². The first-order valence-electron chi connectivity index (χ1n) is 6.31. The van der Waals surface area contributed by atoms with Crippen LogP contribution in [-0.4, -0.2) is 10.8 Å². The van der Waals surface area contributed by atoms with Crippen LogP contribution in [0.4, 0.5) is 5.69 Å². The van der Waals surface area contributed by atoms with Crippen molar-refractivity contribution in [1.82, 2.24) is 0 Å². The highest BCUT2D eigenvalue weighted by Crippen LogP contribution is 2.26. The Morgan fingerprint density at radius 3 is 2.25 bits per heavy atom. The van der Waals surface area contributed by atoms with Crippen molar-refractivity contribution < 1.29 is 5.11 Å². The van der Waals surface area contributed by atoms with E-state index in [0.717, 1.165) is 16.3 Å². The predicted molar refractivity (Wildman–Crippen MR) is 88.6 cm³/mol. The van der Waals surface area contributed by atoms with E-state index in [1.54, 1.807) is 13.8 Å². The van der Waals surface area contributed by atoms with E-state index >= 15 is 0 Å². The Morgan fingerprint density at radius 1 is 1.00 bits per heavy atom. The van der Waals surface area contributed by atoms with Gasteiger partial charge in [0, 0.05) is 12.0 Å². The molecule has 0 radical (unpaired) electrons. The fourth-order valence-electron chi connectivity index (χ4n) is 1.67. The minimum Gasteiger partial charge on any atom is -0.368 e. The molecule has 0 amide bonds. The summed E-state index contributed by atoms with van der Waals surface area (Å²) in [4.78, 5) is 0. The smallest absolute Gasteiger partial charge is 0.170 e. The lowest BCUT2D eigenvalue weighted by Gasteiger charge is -2.11. The van der Waals surface area contributed by atoms with E-state index in [2.05, 4.69) is 10.2 Å². The summed E-state index contributed by atoms with van der Waals surface area (Å²) in [6.45, 7) is 1.89. The predicted octanol–water partition coefficient (Wildman–Crippen LogP) is 3.13. The lowest BCUT2D eigenvalue weighted by Crippen LogP contribution is -2.13. The molecule has 0 aliphatic rings. The number of rotatable bonds is 4. The number of aliphatic hydroxyl groups is 1. The molecule has 0 aliphatic heterocycles. The van der Waals surface area contributed by atoms with Crippen LogP contribution in [0.5, 0.6) is 0 Å². The SMILES string of the molecule is CC(C)(O)N=Nc1ccccc1[PH](=S)c1ccccc1. The van der Waals surface area contributed by atoms with Crippen molar-refractivity contribution in [3.63, 3.8) is 0 Å². The number of hydrogen-bond acceptors (Lipinski definition) is 4. The molecule has 1 unspecified atom stereocenters. The van der Waals surface area contributed by atoms with Crippen molar-refractivity contribution in [2.75, 3.05) is 0 Å². The van der Waals surface area contributed by atoms with E-state index in [0.29, 0.717) is 0 Å². The number of hydrogen-bond donors (Lipinski definition) is 1. The summed E-state index contributed by atoms with van der Waals surface area (Å²) < 4.78 is 0. The maximum absolute atomic E-state index is 9.65. The van der Waals surface area contributed by atoms with Gasteiger partial charge in [0.2, 0.25) is 0 Å². The zero-order valence-electron chi connectivity index (χ0n) is 11.4. The van der Waals surface area contributed by atoms with E-state index < -0.39 is 12.4 Å². The van der Waals surface area contributed by atoms with E-state index in [4.69, 9.17) is 11.8 Å². The summed E-state index contributed by atoms with van der Waals surface area (Å²) in [7, 11) is 0. The Labute approximate surface area is 124 Å². The molecule has 1 N–H and O–H groups in total. The van der Waals surface area contributed by atoms with E-state index in [-0.39, 0.29) is 0 Å². The zero-order valence-corrected chi connectivity index (χ0v) is 13.3. The molecule has 2 aromatic carbocycles. The highest BCUT2D eigenvalue weighted by molar-refractivity contribution is 8.12. The summed E-state index contributed by atoms with van der Waals surface area (Å²) in [5.74, 6) is 0. The quantitative estimate of drug-likeness (QED) is 0.697. The maximum atomic E-state index is 9.65. The lowest BCUT2D eigenvalue weighted by atomic mass is 10.3. The van der Waals surface area contributed by atoms with Crippen molar-refractivity contribution in [2.24, 2.45) is 10.2 Å². The van der Waals surface area contributed by atoms with Gasteiger partial charge in [-0.15, -0.1) is 0 Å². The van der Waals surface area contributed by atoms with Crippen LogP contribution in [0.3, 0.4) is 0 Å². The normalized spacial score (nSPS) is 13.6. The molecule has 5 heteroatoms. The number of nitrogens with zero attached hydrogens (tertiary/aromatic N) is 2. The Kier molecular flexibility index (Phi) is 4.81. The molecule has 0 saturated heterocycles. The van der Waals surface area contributed by atoms with Crippen LogP contribution in [-0.2, 0) is 11.8 Å². The topological polar surface area (TPSA) is 45.0 Å². The molecule has 20 heavy (non-hydrogen) atoms. The molecular weight excluding hydrogens is 287 g/mol. The van der Waals surface area contributed by atoms with Gasteiger partial charge in [-0.1, -0.05) is 60.3 Å². The van der Waals surface area contributed by atoms with Crippen molar-refractivity contribution in [3.8, 4) is 0 Å². The average Bonchev–Trinajstić information content (AvgIpc) is 2.45. The van der Waals surface area contributed by atoms with Gasteiger partial charge < -0.3 is 5.11 Å². The zero-order chi connectivity index (χ0) is 14.6. The lowest BCUT2D eigenvalue weighted by molar-refractivity contribution is 0.0831. The molecule has 104 valence electrons. The summed E-state index contributed by atoms with van der Waals surface area (Å²) in [5, 5.41) is 19.9. The van der Waals surface area contributed by atoms with Gasteiger partial charge in [0.1, 0.15) is 0 Å². The van der Waals surface area contributed by atoms with Gasteiger partial charge in [0.25, 0.3) is 0 Å². The second kappa shape index (κ2) is 6.40. The van der Waals surface area contributed by atoms with Crippen molar-refractivity contribution in [2.45, 2.75) is 19.6 Å². The van der Waals surface area contributed by atoms with Crippen molar-refractivity contribution in [1.29, 1.82) is 0 Å². The fourth-order valence-corrected chi connectivity index (χ4v) is 4.02. The van der Waals surface area contributed by atoms with Crippen molar-refractivity contribution >= 4 is 34.8 Å². The third-order valence-corrected chi connectivity index (χ3v) is 5.72. The molecule has 0 fully saturated rings. The van der Waals surface area contributed by atoms with Gasteiger partial charge >= 0.3 is 0 Å². The summed E-state index contributed by atoms with van der Waals surface area (Å²) in [6, 6.07) is 17.8. The summed E-state index contributed by atoms with van der Waals surface area (Å²) in [6.07, 6.45) is 0. The van der Waals surface area contributed by atoms with Gasteiger partial charge in [0.05, 0.1) is 5.69 Å². The van der Waals surface area contributed by atoms with Crippen molar-refractivity contribution in [3.05, 3.63) is 54.6 Å². The monoisotopic (exact) mass is 304 g/mol. The van der Waals surface area contributed by atoms with Crippen LogP contribution < -0.4 is 10.6 Å². The Hall–Kier alpha value is -1.35. The van der Waals surface area contributed by atoms with Crippen LogP contribution in [0.1, 0.15) is 13.8 Å². The second-order valence-electron chi connectivity index (χ2n) is 4.91. The fraction of sp³-hybridized carbons (Fsp3) is 0.200. The molecule has 0 aliphatic carbocycles. The minimum absolute atomic E-state index is 0.738. The Balaban J connectivity index is 2.38. The molecule has 3 nitrogen and oxygen atoms in total. The second-order valence-corrected chi connectivity index (χ2v) is 7.91. The molecule has 0 saturated carbocycles. The van der Waals surface area contributed by atoms with Gasteiger partial charge in [-0.3, -0.25) is 0 Å². The number of benzene rings is 2. The maximum Gasteiger partial charge on any atom is 0.170 e. The molecule has 0 bridgehead atoms. The summed E-state index contributed by atoms with van der Waals surface area (Å²) >= 11 is 5.70. The molecule has 0 heterocycles. The first-order valence-corrected chi connectivity index (χ1v) is 8.95. The van der Waals surface area contributed by atoms with Crippen LogP contribution in [0.15, 0.2) is 64.8 Å². The average molecular weight is 304 g/mol. The van der Waals surface area contributed by atoms with E-state index in [1.165, 1.54) is 0 Å². The Bertz CT molecular complexity index is 636. The molecule has 0 aromatic heterocycles. The molecular formula is C15H17N2OPS. The van der Waals surface area contributed by atoms with Crippen LogP contribution in [0.2, 0.25) is 0 Å². The molecule has 2 aromatic rings. The first-order chi connectivity index (χ1) is 9.47. The highest BCUT2D eigenvalue weighted by Gasteiger charge is 2.11. The van der Waals surface area contributed by atoms with Gasteiger partial charge in [-0.2, -0.15) is 10.2 Å². The first kappa shape index (κ1) is 15.0. The Morgan fingerprint density at radius 2 is 1.60 bits per heavy atom. The van der Waals surface area contributed by atoms with Gasteiger partial charge in [-0.05, 0) is 25.2 Å². The third kappa shape index (κ3) is 4.07. The van der Waals surface area contributed by atoms with Crippen LogP contribution in [0.25, 0.3) is 0 Å². The van der Waals surface area contributed by atoms with Crippen LogP contribution in [0, 0.1) is 0 Å². The van der Waals surface area contributed by atoms with E-state index in [1.807, 2.05) is 54.6 Å². The largest absolute Gasteiger partial charge is 0.368 e. The minimum atomic E-state index is -1.29. The number of azo groups is 1. The third-order valence-electron chi connectivity index (χ3n) is 2.59.